The highest BCUT2D eigenvalue weighted by atomic mass is 16.5. The van der Waals surface area contributed by atoms with Gasteiger partial charge in [0.2, 0.25) is 0 Å². The molecule has 1 aromatic carbocycles. The van der Waals surface area contributed by atoms with Crippen LogP contribution in [-0.2, 0) is 11.8 Å². The third-order valence-electron chi connectivity index (χ3n) is 5.61. The first-order valence-electron chi connectivity index (χ1n) is 10.1. The van der Waals surface area contributed by atoms with Gasteiger partial charge in [0.25, 0.3) is 5.56 Å². The molecule has 1 aliphatic heterocycles. The Hall–Kier alpha value is -3.23. The highest BCUT2D eigenvalue weighted by Gasteiger charge is 2.29. The first kappa shape index (κ1) is 18.8. The zero-order valence-electron chi connectivity index (χ0n) is 17.2. The third-order valence-corrected chi connectivity index (χ3v) is 5.61. The van der Waals surface area contributed by atoms with Crippen molar-refractivity contribution >= 4 is 10.9 Å². The number of fused-ring (bicyclic) bond motifs is 1. The molecule has 8 heteroatoms. The molecule has 4 heterocycles. The van der Waals surface area contributed by atoms with Crippen LogP contribution in [0, 0.1) is 6.92 Å². The van der Waals surface area contributed by atoms with Crippen molar-refractivity contribution < 1.29 is 4.74 Å². The summed E-state index contributed by atoms with van der Waals surface area (Å²) in [5.41, 5.74) is 3.75. The van der Waals surface area contributed by atoms with Crippen LogP contribution in [-0.4, -0.2) is 43.5 Å². The molecule has 0 amide bonds. The smallest absolute Gasteiger partial charge is 0.280 e. The fourth-order valence-corrected chi connectivity index (χ4v) is 4.17. The number of aryl methyl sites for hydroxylation is 2. The minimum absolute atomic E-state index is 0.0148. The molecule has 30 heavy (non-hydrogen) atoms. The number of H-pyrrole nitrogens is 1. The van der Waals surface area contributed by atoms with Crippen molar-refractivity contribution in [1.82, 2.24) is 29.6 Å². The molecule has 8 nitrogen and oxygen atoms in total. The van der Waals surface area contributed by atoms with Gasteiger partial charge in [0.05, 0.1) is 18.0 Å². The molecular weight excluding hydrogens is 380 g/mol. The molecule has 1 unspecified atom stereocenters. The zero-order valence-corrected chi connectivity index (χ0v) is 17.2. The van der Waals surface area contributed by atoms with E-state index in [1.807, 2.05) is 57.4 Å². The van der Waals surface area contributed by atoms with Gasteiger partial charge in [-0.1, -0.05) is 12.1 Å². The minimum Gasteiger partial charge on any atom is -0.369 e. The second kappa shape index (κ2) is 7.23. The predicted octanol–water partition coefficient (Wildman–Crippen LogP) is 2.47. The van der Waals surface area contributed by atoms with E-state index >= 15 is 0 Å². The molecule has 0 spiro atoms. The van der Waals surface area contributed by atoms with E-state index < -0.39 is 6.10 Å². The quantitative estimate of drug-likeness (QED) is 0.548. The average molecular weight is 404 g/mol. The lowest BCUT2D eigenvalue weighted by molar-refractivity contribution is -0.00382. The Labute approximate surface area is 173 Å². The fraction of sp³-hybridized carbons (Fsp3) is 0.318. The molecular formula is C22H24N6O2. The molecule has 2 N–H and O–H groups in total. The van der Waals surface area contributed by atoms with Crippen LogP contribution < -0.4 is 10.9 Å². The molecule has 4 aromatic rings. The molecule has 2 atom stereocenters. The van der Waals surface area contributed by atoms with Gasteiger partial charge in [-0.25, -0.2) is 4.98 Å². The standard InChI is InChI=1S/C22H24N6O2/c1-13-11-19(27(3)26-13)28-12-18(15-5-4-6-17-16(15)7-8-24-17)25-20(22(28)29)21-14(2)23-9-10-30-21/h4-8,11-12,14,21,23-24H,9-10H2,1-3H3/t14?,21-/m1/s1. The van der Waals surface area contributed by atoms with E-state index in [9.17, 15) is 4.79 Å². The van der Waals surface area contributed by atoms with Crippen LogP contribution in [0.5, 0.6) is 0 Å². The van der Waals surface area contributed by atoms with E-state index in [1.54, 1.807) is 15.4 Å². The van der Waals surface area contributed by atoms with Crippen LogP contribution in [0.25, 0.3) is 28.0 Å². The highest BCUT2D eigenvalue weighted by molar-refractivity contribution is 5.94. The summed E-state index contributed by atoms with van der Waals surface area (Å²) in [6.07, 6.45) is 3.29. The summed E-state index contributed by atoms with van der Waals surface area (Å²) in [7, 11) is 1.84. The average Bonchev–Trinajstić information content (AvgIpc) is 3.34. The van der Waals surface area contributed by atoms with Crippen molar-refractivity contribution in [2.75, 3.05) is 13.2 Å². The summed E-state index contributed by atoms with van der Waals surface area (Å²) in [6.45, 7) is 5.23. The van der Waals surface area contributed by atoms with Gasteiger partial charge in [0.15, 0.2) is 0 Å². The van der Waals surface area contributed by atoms with Crippen LogP contribution in [0.1, 0.15) is 24.4 Å². The lowest BCUT2D eigenvalue weighted by atomic mass is 10.1. The molecule has 1 fully saturated rings. The molecule has 3 aromatic heterocycles. The van der Waals surface area contributed by atoms with E-state index in [4.69, 9.17) is 9.72 Å². The number of nitrogens with one attached hydrogen (secondary N) is 2. The molecule has 154 valence electrons. The molecule has 0 bridgehead atoms. The van der Waals surface area contributed by atoms with Crippen LogP contribution >= 0.6 is 0 Å². The summed E-state index contributed by atoms with van der Waals surface area (Å²) in [4.78, 5) is 21.6. The van der Waals surface area contributed by atoms with Crippen molar-refractivity contribution in [3.05, 3.63) is 64.5 Å². The van der Waals surface area contributed by atoms with Gasteiger partial charge in [0, 0.05) is 54.6 Å². The van der Waals surface area contributed by atoms with E-state index in [2.05, 4.69) is 15.4 Å². The second-order valence-electron chi connectivity index (χ2n) is 7.73. The van der Waals surface area contributed by atoms with Gasteiger partial charge in [-0.2, -0.15) is 5.10 Å². The summed E-state index contributed by atoms with van der Waals surface area (Å²) < 4.78 is 9.33. The number of ether oxygens (including phenoxy) is 1. The normalized spacial score (nSPS) is 19.4. The summed E-state index contributed by atoms with van der Waals surface area (Å²) in [6, 6.07) is 9.94. The maximum Gasteiger partial charge on any atom is 0.280 e. The predicted molar refractivity (Wildman–Crippen MR) is 115 cm³/mol. The molecule has 1 saturated heterocycles. The largest absolute Gasteiger partial charge is 0.369 e. The Bertz CT molecular complexity index is 1280. The van der Waals surface area contributed by atoms with Gasteiger partial charge < -0.3 is 15.0 Å². The van der Waals surface area contributed by atoms with Crippen LogP contribution in [0.4, 0.5) is 0 Å². The number of hydrogen-bond acceptors (Lipinski definition) is 5. The Morgan fingerprint density at radius 1 is 1.27 bits per heavy atom. The molecule has 0 saturated carbocycles. The van der Waals surface area contributed by atoms with Crippen molar-refractivity contribution in [2.45, 2.75) is 26.0 Å². The highest BCUT2D eigenvalue weighted by Crippen LogP contribution is 2.29. The Kier molecular flexibility index (Phi) is 4.52. The lowest BCUT2D eigenvalue weighted by Crippen LogP contribution is -2.44. The van der Waals surface area contributed by atoms with Crippen molar-refractivity contribution in [1.29, 1.82) is 0 Å². The van der Waals surface area contributed by atoms with Crippen LogP contribution in [0.15, 0.2) is 47.5 Å². The maximum atomic E-state index is 13.5. The lowest BCUT2D eigenvalue weighted by Gasteiger charge is -2.29. The van der Waals surface area contributed by atoms with Gasteiger partial charge in [-0.05, 0) is 26.0 Å². The van der Waals surface area contributed by atoms with Gasteiger partial charge >= 0.3 is 0 Å². The summed E-state index contributed by atoms with van der Waals surface area (Å²) in [5.74, 6) is 0.695. The molecule has 0 aliphatic carbocycles. The topological polar surface area (TPSA) is 89.8 Å². The summed E-state index contributed by atoms with van der Waals surface area (Å²) >= 11 is 0. The van der Waals surface area contributed by atoms with Crippen molar-refractivity contribution in [3.8, 4) is 17.1 Å². The van der Waals surface area contributed by atoms with Gasteiger partial charge in [-0.3, -0.25) is 14.0 Å². The second-order valence-corrected chi connectivity index (χ2v) is 7.73. The Morgan fingerprint density at radius 3 is 2.90 bits per heavy atom. The number of aromatic amines is 1. The van der Waals surface area contributed by atoms with E-state index in [1.165, 1.54) is 0 Å². The van der Waals surface area contributed by atoms with Crippen molar-refractivity contribution in [3.63, 3.8) is 0 Å². The molecule has 1 aliphatic rings. The number of aromatic nitrogens is 5. The zero-order chi connectivity index (χ0) is 20.8. The molecule has 0 radical (unpaired) electrons. The van der Waals surface area contributed by atoms with Gasteiger partial charge in [-0.15, -0.1) is 0 Å². The fourth-order valence-electron chi connectivity index (χ4n) is 4.17. The van der Waals surface area contributed by atoms with Gasteiger partial charge in [0.1, 0.15) is 17.6 Å². The number of hydrogen-bond donors (Lipinski definition) is 2. The number of rotatable bonds is 3. The van der Waals surface area contributed by atoms with E-state index in [0.29, 0.717) is 18.1 Å². The number of nitrogens with zero attached hydrogens (tertiary/aromatic N) is 4. The van der Waals surface area contributed by atoms with Crippen molar-refractivity contribution in [2.24, 2.45) is 7.05 Å². The van der Waals surface area contributed by atoms with Crippen LogP contribution in [0.2, 0.25) is 0 Å². The van der Waals surface area contributed by atoms with E-state index in [0.717, 1.165) is 34.4 Å². The number of morpholine rings is 1. The molecule has 5 rings (SSSR count). The number of benzene rings is 1. The third kappa shape index (κ3) is 3.05. The Balaban J connectivity index is 1.78. The van der Waals surface area contributed by atoms with E-state index in [-0.39, 0.29) is 11.6 Å². The Morgan fingerprint density at radius 2 is 2.13 bits per heavy atom. The first-order chi connectivity index (χ1) is 14.5. The monoisotopic (exact) mass is 404 g/mol. The summed E-state index contributed by atoms with van der Waals surface area (Å²) in [5, 5.41) is 8.85. The SMILES string of the molecule is Cc1cc(-n2cc(-c3cccc4[nH]ccc34)nc([C@@H]3OCCNC3C)c2=O)n(C)n1. The first-order valence-corrected chi connectivity index (χ1v) is 10.1. The maximum absolute atomic E-state index is 13.5. The minimum atomic E-state index is -0.419. The van der Waals surface area contributed by atoms with Crippen LogP contribution in [0.3, 0.4) is 0 Å².